The fourth-order valence-electron chi connectivity index (χ4n) is 1.08. The van der Waals surface area contributed by atoms with E-state index in [4.69, 9.17) is 9.66 Å². The Morgan fingerprint density at radius 3 is 2.31 bits per heavy atom. The van der Waals surface area contributed by atoms with Gasteiger partial charge in [0.1, 0.15) is 0 Å². The smallest absolute Gasteiger partial charge is 0.186 e. The van der Waals surface area contributed by atoms with E-state index in [0.717, 1.165) is 5.56 Å². The van der Waals surface area contributed by atoms with Crippen molar-refractivity contribution in [1.29, 1.82) is 0 Å². The van der Waals surface area contributed by atoms with Crippen LogP contribution in [-0.4, -0.2) is 20.0 Å². The van der Waals surface area contributed by atoms with Crippen molar-refractivity contribution in [2.45, 2.75) is 24.3 Å². The second-order valence-corrected chi connectivity index (χ2v) is 3.92. The van der Waals surface area contributed by atoms with Crippen molar-refractivity contribution >= 4 is 11.1 Å². The average molecular weight is 200 g/mol. The van der Waals surface area contributed by atoms with Crippen molar-refractivity contribution in [2.75, 3.05) is 0 Å². The zero-order chi connectivity index (χ0) is 9.84. The maximum absolute atomic E-state index is 10.6. The number of rotatable bonds is 3. The van der Waals surface area contributed by atoms with Crippen LogP contribution >= 0.6 is 0 Å². The van der Waals surface area contributed by atoms with Gasteiger partial charge in [0.2, 0.25) is 0 Å². The lowest BCUT2D eigenvalue weighted by Gasteiger charge is -2.03. The number of benzene rings is 1. The Balaban J connectivity index is 2.75. The van der Waals surface area contributed by atoms with Gasteiger partial charge in [0.25, 0.3) is 0 Å². The van der Waals surface area contributed by atoms with Crippen LogP contribution in [0.3, 0.4) is 0 Å². The summed E-state index contributed by atoms with van der Waals surface area (Å²) < 4.78 is 19.3. The molecule has 2 N–H and O–H groups in total. The summed E-state index contributed by atoms with van der Waals surface area (Å²) in [5, 5.41) is 9.07. The van der Waals surface area contributed by atoms with Gasteiger partial charge < -0.3 is 9.66 Å². The van der Waals surface area contributed by atoms with Gasteiger partial charge in [0, 0.05) is 0 Å². The lowest BCUT2D eigenvalue weighted by molar-refractivity contribution is 0.195. The number of hydrogen-bond acceptors (Lipinski definition) is 2. The van der Waals surface area contributed by atoms with Crippen molar-refractivity contribution in [3.63, 3.8) is 0 Å². The third-order valence-electron chi connectivity index (χ3n) is 1.66. The molecule has 0 radical (unpaired) electrons. The van der Waals surface area contributed by atoms with Crippen molar-refractivity contribution < 1.29 is 13.9 Å². The summed E-state index contributed by atoms with van der Waals surface area (Å²) in [4.78, 5) is 0.384. The topological polar surface area (TPSA) is 57.5 Å². The molecule has 0 aromatic heterocycles. The normalized spacial score (nSPS) is 15.3. The fourth-order valence-corrected chi connectivity index (χ4v) is 1.45. The quantitative estimate of drug-likeness (QED) is 0.720. The molecule has 3 nitrogen and oxygen atoms in total. The Morgan fingerprint density at radius 1 is 1.38 bits per heavy atom. The van der Waals surface area contributed by atoms with E-state index in [1.807, 2.05) is 0 Å². The predicted octanol–water partition coefficient (Wildman–Crippen LogP) is 1.19. The van der Waals surface area contributed by atoms with Crippen molar-refractivity contribution in [3.05, 3.63) is 29.8 Å². The lowest BCUT2D eigenvalue weighted by atomic mass is 10.1. The maximum Gasteiger partial charge on any atom is 0.186 e. The molecule has 0 fully saturated rings. The highest BCUT2D eigenvalue weighted by Gasteiger charge is 2.01. The second-order valence-electron chi connectivity index (χ2n) is 2.95. The Kier molecular flexibility index (Phi) is 3.59. The minimum Gasteiger partial charge on any atom is -0.393 e. The fraction of sp³-hybridized carbons (Fsp3) is 0.333. The summed E-state index contributed by atoms with van der Waals surface area (Å²) in [6, 6.07) is 6.67. The first kappa shape index (κ1) is 10.4. The first-order valence-electron chi connectivity index (χ1n) is 3.97. The standard InChI is InChI=1S/C9H12O3S/c1-7(10)6-8-2-4-9(5-3-8)13(11)12/h2-5,7,10H,6H2,1H3,(H,11,12). The molecular weight excluding hydrogens is 188 g/mol. The van der Waals surface area contributed by atoms with E-state index in [-0.39, 0.29) is 6.10 Å². The molecular formula is C9H12O3S. The molecule has 13 heavy (non-hydrogen) atoms. The Labute approximate surface area is 79.7 Å². The highest BCUT2D eigenvalue weighted by atomic mass is 32.2. The molecule has 1 rings (SSSR count). The van der Waals surface area contributed by atoms with Crippen molar-refractivity contribution in [2.24, 2.45) is 0 Å². The van der Waals surface area contributed by atoms with Crippen LogP contribution < -0.4 is 0 Å². The van der Waals surface area contributed by atoms with Crippen LogP contribution in [0.25, 0.3) is 0 Å². The molecule has 0 saturated heterocycles. The zero-order valence-electron chi connectivity index (χ0n) is 7.30. The largest absolute Gasteiger partial charge is 0.393 e. The van der Waals surface area contributed by atoms with E-state index in [1.54, 1.807) is 31.2 Å². The summed E-state index contributed by atoms with van der Waals surface area (Å²) in [5.74, 6) is 0. The van der Waals surface area contributed by atoms with Crippen LogP contribution in [0, 0.1) is 0 Å². The van der Waals surface area contributed by atoms with Crippen molar-refractivity contribution in [1.82, 2.24) is 0 Å². The van der Waals surface area contributed by atoms with Gasteiger partial charge in [0.15, 0.2) is 11.1 Å². The van der Waals surface area contributed by atoms with Gasteiger partial charge in [0.05, 0.1) is 11.0 Å². The molecule has 0 amide bonds. The minimum absolute atomic E-state index is 0.384. The van der Waals surface area contributed by atoms with E-state index >= 15 is 0 Å². The highest BCUT2D eigenvalue weighted by Crippen LogP contribution is 2.09. The van der Waals surface area contributed by atoms with Gasteiger partial charge in [-0.15, -0.1) is 0 Å². The van der Waals surface area contributed by atoms with E-state index < -0.39 is 11.1 Å². The Bertz CT molecular complexity index is 292. The lowest BCUT2D eigenvalue weighted by Crippen LogP contribution is -2.03. The molecule has 0 bridgehead atoms. The first-order chi connectivity index (χ1) is 6.09. The van der Waals surface area contributed by atoms with Crippen LogP contribution in [-0.2, 0) is 17.5 Å². The van der Waals surface area contributed by atoms with E-state index in [1.165, 1.54) is 0 Å². The number of hydrogen-bond donors (Lipinski definition) is 2. The minimum atomic E-state index is -1.91. The van der Waals surface area contributed by atoms with E-state index in [2.05, 4.69) is 0 Å². The van der Waals surface area contributed by atoms with Crippen LogP contribution in [0.15, 0.2) is 29.2 Å². The molecule has 0 aliphatic rings. The molecule has 1 aromatic rings. The summed E-state index contributed by atoms with van der Waals surface area (Å²) in [6.07, 6.45) is 0.184. The van der Waals surface area contributed by atoms with Crippen LogP contribution in [0.2, 0.25) is 0 Å². The molecule has 0 aliphatic heterocycles. The van der Waals surface area contributed by atoms with Gasteiger partial charge in [-0.05, 0) is 31.0 Å². The summed E-state index contributed by atoms with van der Waals surface area (Å²) in [5.41, 5.74) is 0.962. The molecule has 0 spiro atoms. The Morgan fingerprint density at radius 2 is 1.92 bits per heavy atom. The van der Waals surface area contributed by atoms with Gasteiger partial charge in [-0.1, -0.05) is 12.1 Å². The monoisotopic (exact) mass is 200 g/mol. The van der Waals surface area contributed by atoms with Gasteiger partial charge in [-0.2, -0.15) is 0 Å². The van der Waals surface area contributed by atoms with Crippen molar-refractivity contribution in [3.8, 4) is 0 Å². The van der Waals surface area contributed by atoms with E-state index in [9.17, 15) is 4.21 Å². The summed E-state index contributed by atoms with van der Waals surface area (Å²) in [7, 11) is 0. The SMILES string of the molecule is CC(O)Cc1ccc(S(=O)O)cc1. The van der Waals surface area contributed by atoms with Crippen LogP contribution in [0.5, 0.6) is 0 Å². The highest BCUT2D eigenvalue weighted by molar-refractivity contribution is 7.79. The molecule has 2 unspecified atom stereocenters. The summed E-state index contributed by atoms with van der Waals surface area (Å²) in [6.45, 7) is 1.71. The molecule has 1 aromatic carbocycles. The molecule has 4 heteroatoms. The van der Waals surface area contributed by atoms with Gasteiger partial charge >= 0.3 is 0 Å². The third kappa shape index (κ3) is 3.26. The van der Waals surface area contributed by atoms with Gasteiger partial charge in [-0.25, -0.2) is 4.21 Å². The summed E-state index contributed by atoms with van der Waals surface area (Å²) >= 11 is -1.91. The van der Waals surface area contributed by atoms with Crippen LogP contribution in [0.4, 0.5) is 0 Å². The molecule has 0 heterocycles. The second kappa shape index (κ2) is 4.50. The maximum atomic E-state index is 10.6. The Hall–Kier alpha value is -0.710. The molecule has 0 aliphatic carbocycles. The predicted molar refractivity (Wildman–Crippen MR) is 50.9 cm³/mol. The molecule has 2 atom stereocenters. The number of aliphatic hydroxyl groups excluding tert-OH is 1. The first-order valence-corrected chi connectivity index (χ1v) is 5.08. The van der Waals surface area contributed by atoms with E-state index in [0.29, 0.717) is 11.3 Å². The average Bonchev–Trinajstić information content (AvgIpc) is 2.04. The zero-order valence-corrected chi connectivity index (χ0v) is 8.12. The molecule has 72 valence electrons. The van der Waals surface area contributed by atoms with Crippen LogP contribution in [0.1, 0.15) is 12.5 Å². The van der Waals surface area contributed by atoms with Gasteiger partial charge in [-0.3, -0.25) is 0 Å². The number of aliphatic hydroxyl groups is 1. The molecule has 0 saturated carbocycles. The third-order valence-corrected chi connectivity index (χ3v) is 2.33.